The Hall–Kier alpha value is 0.350. The highest BCUT2D eigenvalue weighted by molar-refractivity contribution is 7.81. The number of hydrogen-bond donors (Lipinski definition) is 1. The quantitative estimate of drug-likeness (QED) is 0.366. The van der Waals surface area contributed by atoms with Crippen LogP contribution in [0.15, 0.2) is 0 Å². The Bertz CT molecular complexity index is 115. The summed E-state index contributed by atoms with van der Waals surface area (Å²) in [6.45, 7) is 6.85. The van der Waals surface area contributed by atoms with Crippen molar-refractivity contribution in [3.05, 3.63) is 0 Å². The summed E-state index contributed by atoms with van der Waals surface area (Å²) < 4.78 is 0.293. The molecule has 0 aromatic carbocycles. The molecule has 0 radical (unpaired) electrons. The second-order valence-corrected chi connectivity index (χ2v) is 6.20. The van der Waals surface area contributed by atoms with E-state index >= 15 is 0 Å². The SMILES string of the molecule is CCCCCCC(C)(S)CCCCCC. The van der Waals surface area contributed by atoms with Gasteiger partial charge < -0.3 is 0 Å². The van der Waals surface area contributed by atoms with Crippen LogP contribution in [0.2, 0.25) is 0 Å². The molecule has 0 amide bonds. The Morgan fingerprint density at radius 2 is 1.13 bits per heavy atom. The third-order valence-corrected chi connectivity index (χ3v) is 3.59. The molecular formula is C14H30S. The Labute approximate surface area is 103 Å². The topological polar surface area (TPSA) is 0 Å². The summed E-state index contributed by atoms with van der Waals surface area (Å²) in [5.74, 6) is 0. The van der Waals surface area contributed by atoms with Gasteiger partial charge in [0, 0.05) is 4.75 Å². The van der Waals surface area contributed by atoms with Crippen LogP contribution in [0.3, 0.4) is 0 Å². The minimum absolute atomic E-state index is 0.293. The third kappa shape index (κ3) is 10.6. The Morgan fingerprint density at radius 1 is 0.733 bits per heavy atom. The number of hydrogen-bond acceptors (Lipinski definition) is 1. The first-order chi connectivity index (χ1) is 7.12. The van der Waals surface area contributed by atoms with Crippen molar-refractivity contribution in [2.75, 3.05) is 0 Å². The van der Waals surface area contributed by atoms with Crippen LogP contribution in [0.25, 0.3) is 0 Å². The van der Waals surface area contributed by atoms with Gasteiger partial charge in [0.25, 0.3) is 0 Å². The fraction of sp³-hybridized carbons (Fsp3) is 1.00. The summed E-state index contributed by atoms with van der Waals surface area (Å²) in [7, 11) is 0. The summed E-state index contributed by atoms with van der Waals surface area (Å²) in [6, 6.07) is 0. The van der Waals surface area contributed by atoms with Gasteiger partial charge in [-0.2, -0.15) is 12.6 Å². The summed E-state index contributed by atoms with van der Waals surface area (Å²) in [4.78, 5) is 0. The molecule has 0 unspecified atom stereocenters. The highest BCUT2D eigenvalue weighted by atomic mass is 32.1. The normalized spacial score (nSPS) is 12.0. The van der Waals surface area contributed by atoms with Gasteiger partial charge in [0.2, 0.25) is 0 Å². The lowest BCUT2D eigenvalue weighted by atomic mass is 9.95. The van der Waals surface area contributed by atoms with Crippen molar-refractivity contribution in [3.63, 3.8) is 0 Å². The van der Waals surface area contributed by atoms with Crippen molar-refractivity contribution in [2.24, 2.45) is 0 Å². The van der Waals surface area contributed by atoms with E-state index in [-0.39, 0.29) is 0 Å². The molecule has 1 heteroatoms. The summed E-state index contributed by atoms with van der Waals surface area (Å²) in [5, 5.41) is 0. The molecule has 0 rings (SSSR count). The first kappa shape index (κ1) is 15.3. The van der Waals surface area contributed by atoms with Gasteiger partial charge in [-0.25, -0.2) is 0 Å². The van der Waals surface area contributed by atoms with E-state index in [0.717, 1.165) is 0 Å². The van der Waals surface area contributed by atoms with Gasteiger partial charge >= 0.3 is 0 Å². The van der Waals surface area contributed by atoms with Crippen LogP contribution in [0, 0.1) is 0 Å². The first-order valence-electron chi connectivity index (χ1n) is 6.84. The van der Waals surface area contributed by atoms with Crippen LogP contribution in [0.1, 0.15) is 85.0 Å². The van der Waals surface area contributed by atoms with Gasteiger partial charge in [0.15, 0.2) is 0 Å². The van der Waals surface area contributed by atoms with Crippen LogP contribution in [-0.2, 0) is 0 Å². The summed E-state index contributed by atoms with van der Waals surface area (Å²) in [6.07, 6.45) is 13.5. The maximum absolute atomic E-state index is 4.79. The molecule has 0 heterocycles. The molecule has 0 atom stereocenters. The van der Waals surface area contributed by atoms with E-state index in [9.17, 15) is 0 Å². The fourth-order valence-electron chi connectivity index (χ4n) is 1.99. The van der Waals surface area contributed by atoms with Crippen molar-refractivity contribution in [1.82, 2.24) is 0 Å². The van der Waals surface area contributed by atoms with Crippen molar-refractivity contribution in [3.8, 4) is 0 Å². The van der Waals surface area contributed by atoms with Crippen LogP contribution >= 0.6 is 12.6 Å². The Kier molecular flexibility index (Phi) is 9.79. The molecule has 0 saturated carbocycles. The number of unbranched alkanes of at least 4 members (excludes halogenated alkanes) is 6. The lowest BCUT2D eigenvalue weighted by Gasteiger charge is -2.23. The van der Waals surface area contributed by atoms with Crippen LogP contribution in [0.5, 0.6) is 0 Å². The maximum atomic E-state index is 4.79. The smallest absolute Gasteiger partial charge is 0.0101 e. The molecule has 0 nitrogen and oxygen atoms in total. The monoisotopic (exact) mass is 230 g/mol. The van der Waals surface area contributed by atoms with E-state index in [1.807, 2.05) is 0 Å². The van der Waals surface area contributed by atoms with Crippen LogP contribution in [0.4, 0.5) is 0 Å². The van der Waals surface area contributed by atoms with Crippen molar-refractivity contribution in [1.29, 1.82) is 0 Å². The van der Waals surface area contributed by atoms with E-state index in [1.165, 1.54) is 64.2 Å². The first-order valence-corrected chi connectivity index (χ1v) is 7.29. The van der Waals surface area contributed by atoms with Gasteiger partial charge in [-0.3, -0.25) is 0 Å². The van der Waals surface area contributed by atoms with Gasteiger partial charge in [-0.05, 0) is 12.8 Å². The molecule has 0 aromatic heterocycles. The predicted molar refractivity (Wildman–Crippen MR) is 74.9 cm³/mol. The second-order valence-electron chi connectivity index (χ2n) is 5.12. The Morgan fingerprint density at radius 3 is 1.47 bits per heavy atom. The molecule has 0 aliphatic heterocycles. The van der Waals surface area contributed by atoms with E-state index < -0.39 is 0 Å². The van der Waals surface area contributed by atoms with E-state index in [0.29, 0.717) is 4.75 Å². The minimum atomic E-state index is 0.293. The van der Waals surface area contributed by atoms with Gasteiger partial charge in [0.1, 0.15) is 0 Å². The molecule has 92 valence electrons. The lowest BCUT2D eigenvalue weighted by Crippen LogP contribution is -2.16. The summed E-state index contributed by atoms with van der Waals surface area (Å²) in [5.41, 5.74) is 0. The maximum Gasteiger partial charge on any atom is 0.0101 e. The predicted octanol–water partition coefficient (Wildman–Crippen LogP) is 5.62. The molecule has 15 heavy (non-hydrogen) atoms. The Balaban J connectivity index is 3.40. The largest absolute Gasteiger partial charge is 0.173 e. The number of rotatable bonds is 10. The highest BCUT2D eigenvalue weighted by Crippen LogP contribution is 2.28. The van der Waals surface area contributed by atoms with E-state index in [2.05, 4.69) is 20.8 Å². The average molecular weight is 230 g/mol. The molecule has 0 saturated heterocycles. The standard InChI is InChI=1S/C14H30S/c1-4-6-8-10-12-14(3,15)13-11-9-7-5-2/h15H,4-13H2,1-3H3. The molecule has 0 N–H and O–H groups in total. The van der Waals surface area contributed by atoms with Crippen molar-refractivity contribution in [2.45, 2.75) is 89.7 Å². The van der Waals surface area contributed by atoms with E-state index in [4.69, 9.17) is 12.6 Å². The zero-order chi connectivity index (χ0) is 11.6. The molecule has 0 bridgehead atoms. The third-order valence-electron chi connectivity index (χ3n) is 3.14. The minimum Gasteiger partial charge on any atom is -0.173 e. The molecule has 0 spiro atoms. The van der Waals surface area contributed by atoms with Crippen LogP contribution < -0.4 is 0 Å². The van der Waals surface area contributed by atoms with Gasteiger partial charge in [-0.1, -0.05) is 72.1 Å². The van der Waals surface area contributed by atoms with Crippen molar-refractivity contribution < 1.29 is 0 Å². The average Bonchev–Trinajstić information content (AvgIpc) is 2.20. The number of thiol groups is 1. The lowest BCUT2D eigenvalue weighted by molar-refractivity contribution is 0.477. The van der Waals surface area contributed by atoms with E-state index in [1.54, 1.807) is 0 Å². The fourth-order valence-corrected chi connectivity index (χ4v) is 2.31. The molecule has 0 fully saturated rings. The molecule has 0 aromatic rings. The molecule has 0 aliphatic carbocycles. The van der Waals surface area contributed by atoms with Crippen molar-refractivity contribution >= 4 is 12.6 Å². The molecule has 0 aliphatic rings. The van der Waals surface area contributed by atoms with Gasteiger partial charge in [-0.15, -0.1) is 0 Å². The van der Waals surface area contributed by atoms with Crippen LogP contribution in [-0.4, -0.2) is 4.75 Å². The highest BCUT2D eigenvalue weighted by Gasteiger charge is 2.17. The summed E-state index contributed by atoms with van der Waals surface area (Å²) >= 11 is 4.79. The zero-order valence-corrected chi connectivity index (χ0v) is 11.9. The second kappa shape index (κ2) is 9.57. The molecular weight excluding hydrogens is 200 g/mol. The zero-order valence-electron chi connectivity index (χ0n) is 11.0. The van der Waals surface area contributed by atoms with Gasteiger partial charge in [0.05, 0.1) is 0 Å².